The number of amides is 1. The van der Waals surface area contributed by atoms with E-state index in [0.29, 0.717) is 13.2 Å². The summed E-state index contributed by atoms with van der Waals surface area (Å²) in [6, 6.07) is 15.9. The van der Waals surface area contributed by atoms with E-state index in [2.05, 4.69) is 5.32 Å². The molecular formula is C20H22FNO2. The molecule has 3 rings (SSSR count). The molecule has 1 aliphatic rings. The number of carbonyl (C=O) groups excluding carboxylic acids is 1. The molecule has 126 valence electrons. The average molecular weight is 327 g/mol. The van der Waals surface area contributed by atoms with Crippen molar-refractivity contribution in [2.75, 3.05) is 13.2 Å². The van der Waals surface area contributed by atoms with Gasteiger partial charge in [0.2, 0.25) is 5.91 Å². The highest BCUT2D eigenvalue weighted by atomic mass is 19.1. The number of rotatable bonds is 6. The number of para-hydroxylation sites is 1. The minimum Gasteiger partial charge on any atom is -0.492 e. The zero-order chi connectivity index (χ0) is 16.8. The highest BCUT2D eigenvalue weighted by Gasteiger charge is 2.42. The summed E-state index contributed by atoms with van der Waals surface area (Å²) in [4.78, 5) is 12.8. The van der Waals surface area contributed by atoms with E-state index in [9.17, 15) is 9.18 Å². The molecule has 0 unspecified atom stereocenters. The number of halogens is 1. The van der Waals surface area contributed by atoms with Crippen LogP contribution >= 0.6 is 0 Å². The van der Waals surface area contributed by atoms with Gasteiger partial charge in [0.25, 0.3) is 0 Å². The first-order chi connectivity index (χ1) is 11.7. The molecule has 1 saturated carbocycles. The van der Waals surface area contributed by atoms with Crippen molar-refractivity contribution in [2.24, 2.45) is 0 Å². The molecule has 1 aliphatic carbocycles. The molecule has 0 bridgehead atoms. The van der Waals surface area contributed by atoms with Crippen molar-refractivity contribution in [2.45, 2.75) is 31.1 Å². The van der Waals surface area contributed by atoms with Gasteiger partial charge < -0.3 is 10.1 Å². The molecule has 0 atom stereocenters. The standard InChI is InChI=1S/C20H22FNO2/c21-17-10-8-16(9-11-17)20(12-4-5-13-20)19(23)22-14-15-24-18-6-2-1-3-7-18/h1-3,6-11H,4-5,12-15H2,(H,22,23). The third-order valence-corrected chi connectivity index (χ3v) is 4.69. The lowest BCUT2D eigenvalue weighted by Gasteiger charge is -2.28. The Morgan fingerprint density at radius 1 is 1.04 bits per heavy atom. The van der Waals surface area contributed by atoms with Crippen molar-refractivity contribution < 1.29 is 13.9 Å². The third kappa shape index (κ3) is 3.58. The van der Waals surface area contributed by atoms with E-state index in [-0.39, 0.29) is 11.7 Å². The van der Waals surface area contributed by atoms with Crippen LogP contribution in [-0.4, -0.2) is 19.1 Å². The Kier molecular flexibility index (Phi) is 5.14. The van der Waals surface area contributed by atoms with Crippen LogP contribution in [0.2, 0.25) is 0 Å². The first-order valence-electron chi connectivity index (χ1n) is 8.43. The molecule has 2 aromatic rings. The predicted octanol–water partition coefficient (Wildman–Crippen LogP) is 3.83. The summed E-state index contributed by atoms with van der Waals surface area (Å²) in [7, 11) is 0. The molecule has 1 fully saturated rings. The maximum absolute atomic E-state index is 13.2. The van der Waals surface area contributed by atoms with Gasteiger partial charge >= 0.3 is 0 Å². The lowest BCUT2D eigenvalue weighted by molar-refractivity contribution is -0.126. The predicted molar refractivity (Wildman–Crippen MR) is 91.5 cm³/mol. The summed E-state index contributed by atoms with van der Waals surface area (Å²) >= 11 is 0. The first-order valence-corrected chi connectivity index (χ1v) is 8.43. The zero-order valence-corrected chi connectivity index (χ0v) is 13.6. The topological polar surface area (TPSA) is 38.3 Å². The Morgan fingerprint density at radius 3 is 2.38 bits per heavy atom. The minimum absolute atomic E-state index is 0.0169. The Labute approximate surface area is 141 Å². The normalized spacial score (nSPS) is 15.9. The first kappa shape index (κ1) is 16.5. The van der Waals surface area contributed by atoms with E-state index >= 15 is 0 Å². The van der Waals surface area contributed by atoms with E-state index in [1.165, 1.54) is 12.1 Å². The fourth-order valence-electron chi connectivity index (χ4n) is 3.41. The molecule has 24 heavy (non-hydrogen) atoms. The van der Waals surface area contributed by atoms with Gasteiger partial charge in [-0.05, 0) is 42.7 Å². The summed E-state index contributed by atoms with van der Waals surface area (Å²) in [5.74, 6) is 0.535. The van der Waals surface area contributed by atoms with Crippen LogP contribution in [0.5, 0.6) is 5.75 Å². The number of nitrogens with one attached hydrogen (secondary N) is 1. The van der Waals surface area contributed by atoms with E-state index in [4.69, 9.17) is 4.74 Å². The van der Waals surface area contributed by atoms with Crippen LogP contribution in [0.25, 0.3) is 0 Å². The van der Waals surface area contributed by atoms with Crippen molar-refractivity contribution in [3.63, 3.8) is 0 Å². The van der Waals surface area contributed by atoms with Gasteiger partial charge in [-0.25, -0.2) is 4.39 Å². The van der Waals surface area contributed by atoms with Gasteiger partial charge in [0, 0.05) is 0 Å². The molecule has 2 aromatic carbocycles. The molecule has 0 aliphatic heterocycles. The quantitative estimate of drug-likeness (QED) is 0.819. The minimum atomic E-state index is -0.527. The van der Waals surface area contributed by atoms with Crippen molar-refractivity contribution in [1.82, 2.24) is 5.32 Å². The summed E-state index contributed by atoms with van der Waals surface area (Å²) in [6.07, 6.45) is 3.66. The van der Waals surface area contributed by atoms with E-state index in [1.807, 2.05) is 30.3 Å². The van der Waals surface area contributed by atoms with Crippen LogP contribution in [0.15, 0.2) is 54.6 Å². The summed E-state index contributed by atoms with van der Waals surface area (Å²) in [6.45, 7) is 0.881. The van der Waals surface area contributed by atoms with E-state index < -0.39 is 5.41 Å². The molecule has 0 aromatic heterocycles. The van der Waals surface area contributed by atoms with Crippen LogP contribution in [0, 0.1) is 5.82 Å². The summed E-state index contributed by atoms with van der Waals surface area (Å²) < 4.78 is 18.8. The Hall–Kier alpha value is -2.36. The van der Waals surface area contributed by atoms with Gasteiger partial charge in [-0.3, -0.25) is 4.79 Å². The monoisotopic (exact) mass is 327 g/mol. The molecule has 0 heterocycles. The Bertz CT molecular complexity index is 664. The summed E-state index contributed by atoms with van der Waals surface area (Å²) in [5, 5.41) is 2.99. The summed E-state index contributed by atoms with van der Waals surface area (Å²) in [5.41, 5.74) is 0.378. The fourth-order valence-corrected chi connectivity index (χ4v) is 3.41. The van der Waals surface area contributed by atoms with Crippen molar-refractivity contribution in [3.05, 3.63) is 66.0 Å². The van der Waals surface area contributed by atoms with E-state index in [1.54, 1.807) is 12.1 Å². The Balaban J connectivity index is 1.60. The number of ether oxygens (including phenoxy) is 1. The van der Waals surface area contributed by atoms with Crippen LogP contribution in [-0.2, 0) is 10.2 Å². The van der Waals surface area contributed by atoms with Gasteiger partial charge in [-0.15, -0.1) is 0 Å². The van der Waals surface area contributed by atoms with Crippen LogP contribution in [0.1, 0.15) is 31.2 Å². The van der Waals surface area contributed by atoms with E-state index in [0.717, 1.165) is 37.0 Å². The maximum atomic E-state index is 13.2. The lowest BCUT2D eigenvalue weighted by atomic mass is 9.78. The third-order valence-electron chi connectivity index (χ3n) is 4.69. The highest BCUT2D eigenvalue weighted by molar-refractivity contribution is 5.88. The second-order valence-corrected chi connectivity index (χ2v) is 6.21. The van der Waals surface area contributed by atoms with Crippen molar-refractivity contribution in [1.29, 1.82) is 0 Å². The smallest absolute Gasteiger partial charge is 0.230 e. The number of hydrogen-bond donors (Lipinski definition) is 1. The van der Waals surface area contributed by atoms with Crippen molar-refractivity contribution in [3.8, 4) is 5.75 Å². The number of benzene rings is 2. The fraction of sp³-hybridized carbons (Fsp3) is 0.350. The molecule has 1 N–H and O–H groups in total. The molecule has 3 nitrogen and oxygen atoms in total. The molecule has 0 saturated heterocycles. The van der Waals surface area contributed by atoms with Crippen LogP contribution in [0.4, 0.5) is 4.39 Å². The largest absolute Gasteiger partial charge is 0.492 e. The number of hydrogen-bond acceptors (Lipinski definition) is 2. The van der Waals surface area contributed by atoms with Gasteiger partial charge in [0.1, 0.15) is 18.2 Å². The van der Waals surface area contributed by atoms with Gasteiger partial charge in [0.05, 0.1) is 12.0 Å². The SMILES string of the molecule is O=C(NCCOc1ccccc1)C1(c2ccc(F)cc2)CCCC1. The van der Waals surface area contributed by atoms with Gasteiger partial charge in [0.15, 0.2) is 0 Å². The number of carbonyl (C=O) groups is 1. The Morgan fingerprint density at radius 2 is 1.71 bits per heavy atom. The maximum Gasteiger partial charge on any atom is 0.230 e. The van der Waals surface area contributed by atoms with Crippen LogP contribution in [0.3, 0.4) is 0 Å². The van der Waals surface area contributed by atoms with Crippen LogP contribution < -0.4 is 10.1 Å². The van der Waals surface area contributed by atoms with Gasteiger partial charge in [-0.1, -0.05) is 43.2 Å². The average Bonchev–Trinajstić information content (AvgIpc) is 3.11. The second kappa shape index (κ2) is 7.47. The molecule has 4 heteroatoms. The van der Waals surface area contributed by atoms with Crippen molar-refractivity contribution >= 4 is 5.91 Å². The zero-order valence-electron chi connectivity index (χ0n) is 13.6. The highest BCUT2D eigenvalue weighted by Crippen LogP contribution is 2.41. The van der Waals surface area contributed by atoms with Gasteiger partial charge in [-0.2, -0.15) is 0 Å². The molecule has 0 radical (unpaired) electrons. The molecule has 1 amide bonds. The second-order valence-electron chi connectivity index (χ2n) is 6.21. The molecular weight excluding hydrogens is 305 g/mol. The lowest BCUT2D eigenvalue weighted by Crippen LogP contribution is -2.44. The molecule has 0 spiro atoms.